The van der Waals surface area contributed by atoms with Gasteiger partial charge in [-0.25, -0.2) is 9.97 Å². The van der Waals surface area contributed by atoms with Crippen LogP contribution in [0.3, 0.4) is 0 Å². The zero-order valence-electron chi connectivity index (χ0n) is 10.4. The van der Waals surface area contributed by atoms with Gasteiger partial charge in [0.1, 0.15) is 5.82 Å². The lowest BCUT2D eigenvalue weighted by Crippen LogP contribution is -2.15. The van der Waals surface area contributed by atoms with Gasteiger partial charge in [0.15, 0.2) is 11.5 Å². The Labute approximate surface area is 94.9 Å². The summed E-state index contributed by atoms with van der Waals surface area (Å²) in [5.74, 6) is 1.70. The first-order valence-electron chi connectivity index (χ1n) is 5.28. The van der Waals surface area contributed by atoms with Crippen molar-refractivity contribution in [3.05, 3.63) is 12.0 Å². The number of rotatable bonds is 1. The molecule has 0 unspecified atom stereocenters. The van der Waals surface area contributed by atoms with Crippen LogP contribution in [0, 0.1) is 0 Å². The second kappa shape index (κ2) is 3.43. The topological polar surface area (TPSA) is 57.7 Å². The summed E-state index contributed by atoms with van der Waals surface area (Å²) in [6.07, 6.45) is 1.84. The highest BCUT2D eigenvalue weighted by Crippen LogP contribution is 2.23. The molecule has 0 saturated heterocycles. The molecule has 0 radical (unpaired) electrons. The van der Waals surface area contributed by atoms with Crippen LogP contribution >= 0.6 is 0 Å². The van der Waals surface area contributed by atoms with Gasteiger partial charge in [0.25, 0.3) is 0 Å². The van der Waals surface area contributed by atoms with E-state index in [1.165, 1.54) is 0 Å². The fraction of sp³-hybridized carbons (Fsp3) is 0.545. The van der Waals surface area contributed by atoms with Crippen LogP contribution < -0.4 is 4.90 Å². The predicted octanol–water partition coefficient (Wildman–Crippen LogP) is 1.72. The SMILES string of the molecule is CN(C)c1n[nH]c2nc(C(C)(C)C)ncc12. The standard InChI is InChI=1S/C11H17N5/c1-11(2,3)10-12-6-7-8(13-10)14-15-9(7)16(4)5/h6H,1-5H3,(H,12,13,14,15). The summed E-state index contributed by atoms with van der Waals surface area (Å²) >= 11 is 0. The summed E-state index contributed by atoms with van der Waals surface area (Å²) in [5, 5.41) is 8.11. The smallest absolute Gasteiger partial charge is 0.161 e. The van der Waals surface area contributed by atoms with Gasteiger partial charge in [-0.2, -0.15) is 5.10 Å². The molecular weight excluding hydrogens is 202 g/mol. The highest BCUT2D eigenvalue weighted by atomic mass is 15.3. The number of aromatic amines is 1. The van der Waals surface area contributed by atoms with E-state index in [1.54, 1.807) is 0 Å². The average molecular weight is 219 g/mol. The summed E-state index contributed by atoms with van der Waals surface area (Å²) in [6.45, 7) is 6.28. The van der Waals surface area contributed by atoms with Crippen LogP contribution in [-0.2, 0) is 5.41 Å². The second-order valence-corrected chi connectivity index (χ2v) is 5.15. The van der Waals surface area contributed by atoms with Crippen molar-refractivity contribution in [3.63, 3.8) is 0 Å². The van der Waals surface area contributed by atoms with Crippen molar-refractivity contribution < 1.29 is 0 Å². The summed E-state index contributed by atoms with van der Waals surface area (Å²) in [6, 6.07) is 0. The monoisotopic (exact) mass is 219 g/mol. The maximum Gasteiger partial charge on any atom is 0.161 e. The zero-order valence-corrected chi connectivity index (χ0v) is 10.4. The largest absolute Gasteiger partial charge is 0.361 e. The van der Waals surface area contributed by atoms with Gasteiger partial charge in [-0.1, -0.05) is 20.8 Å². The minimum Gasteiger partial charge on any atom is -0.361 e. The third kappa shape index (κ3) is 1.73. The number of nitrogens with zero attached hydrogens (tertiary/aromatic N) is 4. The molecule has 0 aliphatic rings. The first kappa shape index (κ1) is 10.9. The maximum atomic E-state index is 4.49. The molecule has 0 saturated carbocycles. The van der Waals surface area contributed by atoms with E-state index in [1.807, 2.05) is 25.2 Å². The van der Waals surface area contributed by atoms with E-state index < -0.39 is 0 Å². The molecule has 2 aromatic rings. The highest BCUT2D eigenvalue weighted by molar-refractivity contribution is 5.86. The van der Waals surface area contributed by atoms with Crippen molar-refractivity contribution in [3.8, 4) is 0 Å². The number of aromatic nitrogens is 4. The van der Waals surface area contributed by atoms with Crippen molar-refractivity contribution in [2.75, 3.05) is 19.0 Å². The third-order valence-corrected chi connectivity index (χ3v) is 2.39. The Bertz CT molecular complexity index is 507. The van der Waals surface area contributed by atoms with Crippen LogP contribution in [0.15, 0.2) is 6.20 Å². The van der Waals surface area contributed by atoms with Gasteiger partial charge in [0, 0.05) is 25.7 Å². The van der Waals surface area contributed by atoms with Crippen LogP contribution in [0.25, 0.3) is 11.0 Å². The van der Waals surface area contributed by atoms with E-state index in [9.17, 15) is 0 Å². The van der Waals surface area contributed by atoms with E-state index in [0.29, 0.717) is 0 Å². The van der Waals surface area contributed by atoms with Gasteiger partial charge in [-0.3, -0.25) is 5.10 Å². The molecule has 0 fully saturated rings. The number of nitrogens with one attached hydrogen (secondary N) is 1. The Morgan fingerprint density at radius 3 is 2.50 bits per heavy atom. The van der Waals surface area contributed by atoms with E-state index in [0.717, 1.165) is 22.7 Å². The predicted molar refractivity (Wildman–Crippen MR) is 64.7 cm³/mol. The molecule has 0 aromatic carbocycles. The molecule has 1 N–H and O–H groups in total. The molecule has 0 atom stereocenters. The van der Waals surface area contributed by atoms with E-state index in [4.69, 9.17) is 0 Å². The molecule has 5 heteroatoms. The number of fused-ring (bicyclic) bond motifs is 1. The van der Waals surface area contributed by atoms with Crippen molar-refractivity contribution in [1.82, 2.24) is 20.2 Å². The molecule has 0 bridgehead atoms. The van der Waals surface area contributed by atoms with Gasteiger partial charge in [-0.15, -0.1) is 0 Å². The first-order chi connectivity index (χ1) is 7.39. The number of anilines is 1. The molecule has 5 nitrogen and oxygen atoms in total. The van der Waals surface area contributed by atoms with Gasteiger partial charge in [-0.05, 0) is 0 Å². The Balaban J connectivity index is 2.58. The average Bonchev–Trinajstić information content (AvgIpc) is 2.58. The Hall–Kier alpha value is -1.65. The zero-order chi connectivity index (χ0) is 11.9. The molecule has 16 heavy (non-hydrogen) atoms. The van der Waals surface area contributed by atoms with E-state index >= 15 is 0 Å². The summed E-state index contributed by atoms with van der Waals surface area (Å²) in [5.41, 5.74) is 0.751. The highest BCUT2D eigenvalue weighted by Gasteiger charge is 2.19. The third-order valence-electron chi connectivity index (χ3n) is 2.39. The van der Waals surface area contributed by atoms with Gasteiger partial charge in [0.2, 0.25) is 0 Å². The summed E-state index contributed by atoms with van der Waals surface area (Å²) in [4.78, 5) is 10.8. The number of hydrogen-bond acceptors (Lipinski definition) is 4. The Morgan fingerprint density at radius 2 is 1.94 bits per heavy atom. The Morgan fingerprint density at radius 1 is 1.25 bits per heavy atom. The van der Waals surface area contributed by atoms with Crippen LogP contribution in [0.2, 0.25) is 0 Å². The van der Waals surface area contributed by atoms with Crippen LogP contribution in [-0.4, -0.2) is 34.3 Å². The van der Waals surface area contributed by atoms with Crippen LogP contribution in [0.5, 0.6) is 0 Å². The molecule has 0 spiro atoms. The van der Waals surface area contributed by atoms with Crippen molar-refractivity contribution in [2.24, 2.45) is 0 Å². The van der Waals surface area contributed by atoms with Gasteiger partial charge < -0.3 is 4.90 Å². The van der Waals surface area contributed by atoms with Crippen molar-refractivity contribution in [2.45, 2.75) is 26.2 Å². The minimum atomic E-state index is -0.0441. The van der Waals surface area contributed by atoms with Gasteiger partial charge in [0.05, 0.1) is 5.39 Å². The summed E-state index contributed by atoms with van der Waals surface area (Å²) < 4.78 is 0. The first-order valence-corrected chi connectivity index (χ1v) is 5.28. The molecule has 2 aromatic heterocycles. The van der Waals surface area contributed by atoms with Gasteiger partial charge >= 0.3 is 0 Å². The van der Waals surface area contributed by atoms with Crippen molar-refractivity contribution >= 4 is 16.9 Å². The maximum absolute atomic E-state index is 4.49. The number of H-pyrrole nitrogens is 1. The number of hydrogen-bond donors (Lipinski definition) is 1. The molecule has 0 amide bonds. The molecule has 0 aliphatic heterocycles. The molecule has 0 aliphatic carbocycles. The van der Waals surface area contributed by atoms with E-state index in [2.05, 4.69) is 40.9 Å². The normalized spacial score (nSPS) is 12.1. The van der Waals surface area contributed by atoms with Crippen LogP contribution in [0.4, 0.5) is 5.82 Å². The quantitative estimate of drug-likeness (QED) is 0.793. The lowest BCUT2D eigenvalue weighted by molar-refractivity contribution is 0.548. The molecule has 2 heterocycles. The van der Waals surface area contributed by atoms with Crippen molar-refractivity contribution in [1.29, 1.82) is 0 Å². The lowest BCUT2D eigenvalue weighted by atomic mass is 9.96. The second-order valence-electron chi connectivity index (χ2n) is 5.15. The van der Waals surface area contributed by atoms with Crippen LogP contribution in [0.1, 0.15) is 26.6 Å². The molecular formula is C11H17N5. The minimum absolute atomic E-state index is 0.0441. The Kier molecular flexibility index (Phi) is 2.33. The fourth-order valence-electron chi connectivity index (χ4n) is 1.50. The molecule has 2 rings (SSSR count). The van der Waals surface area contributed by atoms with E-state index in [-0.39, 0.29) is 5.41 Å². The summed E-state index contributed by atoms with van der Waals surface area (Å²) in [7, 11) is 3.90. The fourth-order valence-corrected chi connectivity index (χ4v) is 1.50. The lowest BCUT2D eigenvalue weighted by Gasteiger charge is -2.15. The molecule has 86 valence electrons.